The SMILES string of the molecule is CN(C)c1nnc(SC2COC2)s1. The van der Waals surface area contributed by atoms with Crippen molar-refractivity contribution in [2.45, 2.75) is 9.59 Å². The van der Waals surface area contributed by atoms with E-state index < -0.39 is 0 Å². The number of nitrogens with zero attached hydrogens (tertiary/aromatic N) is 3. The highest BCUT2D eigenvalue weighted by atomic mass is 32.2. The summed E-state index contributed by atoms with van der Waals surface area (Å²) in [5.41, 5.74) is 0. The maximum atomic E-state index is 5.09. The van der Waals surface area contributed by atoms with Gasteiger partial charge >= 0.3 is 0 Å². The van der Waals surface area contributed by atoms with Crippen LogP contribution >= 0.6 is 23.1 Å². The van der Waals surface area contributed by atoms with E-state index in [-0.39, 0.29) is 0 Å². The van der Waals surface area contributed by atoms with E-state index in [9.17, 15) is 0 Å². The molecule has 0 amide bonds. The van der Waals surface area contributed by atoms with Crippen molar-refractivity contribution in [1.82, 2.24) is 10.2 Å². The number of rotatable bonds is 3. The molecule has 0 radical (unpaired) electrons. The second-order valence-corrected chi connectivity index (χ2v) is 5.53. The molecule has 4 nitrogen and oxygen atoms in total. The Labute approximate surface area is 85.3 Å². The summed E-state index contributed by atoms with van der Waals surface area (Å²) < 4.78 is 6.13. The summed E-state index contributed by atoms with van der Waals surface area (Å²) in [4.78, 5) is 1.97. The standard InChI is InChI=1S/C7H11N3OS2/c1-10(2)6-8-9-7(13-6)12-5-3-11-4-5/h5H,3-4H2,1-2H3. The number of aromatic nitrogens is 2. The quantitative estimate of drug-likeness (QED) is 0.758. The molecule has 72 valence electrons. The van der Waals surface area contributed by atoms with E-state index in [1.54, 1.807) is 23.1 Å². The fraction of sp³-hybridized carbons (Fsp3) is 0.714. The molecule has 13 heavy (non-hydrogen) atoms. The molecule has 0 N–H and O–H groups in total. The van der Waals surface area contributed by atoms with Crippen LogP contribution in [-0.4, -0.2) is 42.8 Å². The Balaban J connectivity index is 1.96. The number of ether oxygens (including phenoxy) is 1. The van der Waals surface area contributed by atoms with Crippen LogP contribution in [0, 0.1) is 0 Å². The van der Waals surface area contributed by atoms with Crippen LogP contribution in [0.3, 0.4) is 0 Å². The molecule has 1 aliphatic rings. The van der Waals surface area contributed by atoms with E-state index in [4.69, 9.17) is 4.74 Å². The third kappa shape index (κ3) is 2.12. The van der Waals surface area contributed by atoms with Gasteiger partial charge in [0.25, 0.3) is 0 Å². The summed E-state index contributed by atoms with van der Waals surface area (Å²) in [7, 11) is 3.95. The molecule has 0 aromatic carbocycles. The molecule has 0 aliphatic carbocycles. The van der Waals surface area contributed by atoms with Crippen molar-refractivity contribution in [3.8, 4) is 0 Å². The Kier molecular flexibility index (Phi) is 2.71. The molecule has 0 bridgehead atoms. The van der Waals surface area contributed by atoms with Gasteiger partial charge in [-0.25, -0.2) is 0 Å². The van der Waals surface area contributed by atoms with Gasteiger partial charge in [-0.1, -0.05) is 23.1 Å². The van der Waals surface area contributed by atoms with E-state index in [1.165, 1.54) is 0 Å². The fourth-order valence-corrected chi connectivity index (χ4v) is 2.88. The number of hydrogen-bond donors (Lipinski definition) is 0. The third-order valence-electron chi connectivity index (χ3n) is 1.65. The lowest BCUT2D eigenvalue weighted by molar-refractivity contribution is 0.0455. The number of hydrogen-bond acceptors (Lipinski definition) is 6. The van der Waals surface area contributed by atoms with Crippen molar-refractivity contribution in [2.75, 3.05) is 32.2 Å². The minimum atomic E-state index is 0.586. The lowest BCUT2D eigenvalue weighted by Crippen LogP contribution is -2.29. The molecule has 1 saturated heterocycles. The van der Waals surface area contributed by atoms with Gasteiger partial charge in [-0.3, -0.25) is 0 Å². The molecule has 0 atom stereocenters. The van der Waals surface area contributed by atoms with Crippen molar-refractivity contribution in [3.05, 3.63) is 0 Å². The van der Waals surface area contributed by atoms with Crippen molar-refractivity contribution >= 4 is 28.2 Å². The van der Waals surface area contributed by atoms with Gasteiger partial charge in [0, 0.05) is 14.1 Å². The van der Waals surface area contributed by atoms with E-state index in [0.29, 0.717) is 5.25 Å². The molecule has 0 unspecified atom stereocenters. The summed E-state index contributed by atoms with van der Waals surface area (Å²) in [6.07, 6.45) is 0. The maximum absolute atomic E-state index is 5.09. The number of anilines is 1. The smallest absolute Gasteiger partial charge is 0.208 e. The van der Waals surface area contributed by atoms with Gasteiger partial charge in [0.05, 0.1) is 18.5 Å². The Morgan fingerprint density at radius 1 is 1.46 bits per heavy atom. The zero-order valence-electron chi connectivity index (χ0n) is 7.56. The van der Waals surface area contributed by atoms with Gasteiger partial charge in [0.1, 0.15) is 0 Å². The van der Waals surface area contributed by atoms with Gasteiger partial charge in [0.15, 0.2) is 4.34 Å². The second kappa shape index (κ2) is 3.81. The van der Waals surface area contributed by atoms with Crippen LogP contribution in [0.2, 0.25) is 0 Å². The molecule has 1 aliphatic heterocycles. The molecule has 1 aromatic heterocycles. The lowest BCUT2D eigenvalue weighted by Gasteiger charge is -2.23. The van der Waals surface area contributed by atoms with Crippen LogP contribution in [-0.2, 0) is 4.74 Å². The summed E-state index contributed by atoms with van der Waals surface area (Å²) in [6, 6.07) is 0. The van der Waals surface area contributed by atoms with Crippen LogP contribution in [0.15, 0.2) is 4.34 Å². The Morgan fingerprint density at radius 2 is 2.23 bits per heavy atom. The predicted octanol–water partition coefficient (Wildman–Crippen LogP) is 1.09. The summed E-state index contributed by atoms with van der Waals surface area (Å²) >= 11 is 3.39. The molecule has 0 spiro atoms. The number of thioether (sulfide) groups is 1. The van der Waals surface area contributed by atoms with E-state index in [2.05, 4.69) is 10.2 Å². The van der Waals surface area contributed by atoms with Crippen LogP contribution in [0.1, 0.15) is 0 Å². The zero-order chi connectivity index (χ0) is 9.26. The van der Waals surface area contributed by atoms with E-state index in [0.717, 1.165) is 22.7 Å². The van der Waals surface area contributed by atoms with Crippen molar-refractivity contribution in [3.63, 3.8) is 0 Å². The van der Waals surface area contributed by atoms with Crippen molar-refractivity contribution < 1.29 is 4.74 Å². The zero-order valence-corrected chi connectivity index (χ0v) is 9.19. The topological polar surface area (TPSA) is 38.2 Å². The first kappa shape index (κ1) is 9.23. The van der Waals surface area contributed by atoms with Crippen molar-refractivity contribution in [2.24, 2.45) is 0 Å². The predicted molar refractivity (Wildman–Crippen MR) is 54.7 cm³/mol. The average Bonchev–Trinajstić information content (AvgIpc) is 2.44. The molecular formula is C7H11N3OS2. The minimum absolute atomic E-state index is 0.586. The van der Waals surface area contributed by atoms with E-state index in [1.807, 2.05) is 19.0 Å². The van der Waals surface area contributed by atoms with Gasteiger partial charge < -0.3 is 9.64 Å². The second-order valence-electron chi connectivity index (χ2n) is 3.02. The van der Waals surface area contributed by atoms with Gasteiger partial charge in [-0.05, 0) is 0 Å². The first-order chi connectivity index (χ1) is 6.25. The Hall–Kier alpha value is -0.330. The van der Waals surface area contributed by atoms with Gasteiger partial charge in [-0.2, -0.15) is 0 Å². The van der Waals surface area contributed by atoms with Crippen LogP contribution in [0.4, 0.5) is 5.13 Å². The molecule has 2 rings (SSSR count). The summed E-state index contributed by atoms with van der Waals surface area (Å²) in [6.45, 7) is 1.70. The van der Waals surface area contributed by atoms with Crippen LogP contribution in [0.5, 0.6) is 0 Å². The average molecular weight is 217 g/mol. The van der Waals surface area contributed by atoms with E-state index >= 15 is 0 Å². The lowest BCUT2D eigenvalue weighted by atomic mass is 10.4. The van der Waals surface area contributed by atoms with Crippen molar-refractivity contribution in [1.29, 1.82) is 0 Å². The highest BCUT2D eigenvalue weighted by molar-refractivity contribution is 8.01. The maximum Gasteiger partial charge on any atom is 0.208 e. The molecule has 0 saturated carbocycles. The first-order valence-corrected chi connectivity index (χ1v) is 5.70. The van der Waals surface area contributed by atoms with Gasteiger partial charge in [-0.15, -0.1) is 10.2 Å². The van der Waals surface area contributed by atoms with Crippen LogP contribution in [0.25, 0.3) is 0 Å². The molecule has 2 heterocycles. The molecule has 6 heteroatoms. The first-order valence-electron chi connectivity index (χ1n) is 4.01. The highest BCUT2D eigenvalue weighted by Crippen LogP contribution is 2.32. The van der Waals surface area contributed by atoms with Gasteiger partial charge in [0.2, 0.25) is 5.13 Å². The Morgan fingerprint density at radius 3 is 2.69 bits per heavy atom. The van der Waals surface area contributed by atoms with Crippen LogP contribution < -0.4 is 4.90 Å². The minimum Gasteiger partial charge on any atom is -0.379 e. The molecular weight excluding hydrogens is 206 g/mol. The molecule has 1 fully saturated rings. The summed E-state index contributed by atoms with van der Waals surface area (Å²) in [5.74, 6) is 0. The molecule has 1 aromatic rings. The summed E-state index contributed by atoms with van der Waals surface area (Å²) in [5, 5.41) is 9.70. The third-order valence-corrected chi connectivity index (χ3v) is 3.97. The largest absolute Gasteiger partial charge is 0.379 e. The normalized spacial score (nSPS) is 17.1. The monoisotopic (exact) mass is 217 g/mol. The fourth-order valence-electron chi connectivity index (χ4n) is 0.856. The Bertz CT molecular complexity index is 285. The highest BCUT2D eigenvalue weighted by Gasteiger charge is 2.21.